The molecule has 2 heterocycles. The predicted octanol–water partition coefficient (Wildman–Crippen LogP) is 4.15. The highest BCUT2D eigenvalue weighted by Crippen LogP contribution is 2.22. The van der Waals surface area contributed by atoms with E-state index in [0.29, 0.717) is 11.4 Å². The number of ether oxygens (including phenoxy) is 1. The van der Waals surface area contributed by atoms with E-state index in [2.05, 4.69) is 27.1 Å². The second-order valence-electron chi connectivity index (χ2n) is 5.34. The van der Waals surface area contributed by atoms with Crippen LogP contribution in [-0.2, 0) is 6.42 Å². The molecule has 2 aromatic heterocycles. The molecule has 1 N–H and O–H groups in total. The Morgan fingerprint density at radius 3 is 2.62 bits per heavy atom. The van der Waals surface area contributed by atoms with Gasteiger partial charge in [-0.15, -0.1) is 0 Å². The first-order chi connectivity index (χ1) is 12.5. The zero-order chi connectivity index (χ0) is 18.5. The van der Waals surface area contributed by atoms with Gasteiger partial charge in [-0.25, -0.2) is 4.98 Å². The number of rotatable bonds is 6. The molecular weight excluding hydrogens is 344 g/mol. The molecule has 0 saturated heterocycles. The summed E-state index contributed by atoms with van der Waals surface area (Å²) in [6, 6.07) is 11.9. The Balaban J connectivity index is 1.67. The molecule has 1 amide bonds. The maximum Gasteiger partial charge on any atom is 0.388 e. The number of alkyl halides is 2. The lowest BCUT2D eigenvalue weighted by molar-refractivity contribution is -0.0528. The summed E-state index contributed by atoms with van der Waals surface area (Å²) in [5, 5.41) is 6.31. The van der Waals surface area contributed by atoms with Gasteiger partial charge in [0.2, 0.25) is 5.88 Å². The van der Waals surface area contributed by atoms with Gasteiger partial charge in [-0.2, -0.15) is 8.78 Å². The molecule has 3 rings (SSSR count). The molecule has 0 unspecified atom stereocenters. The number of aromatic nitrogens is 2. The summed E-state index contributed by atoms with van der Waals surface area (Å²) < 4.78 is 33.5. The molecule has 0 saturated carbocycles. The van der Waals surface area contributed by atoms with E-state index >= 15 is 0 Å². The van der Waals surface area contributed by atoms with E-state index < -0.39 is 12.5 Å². The van der Waals surface area contributed by atoms with Crippen molar-refractivity contribution < 1.29 is 22.8 Å². The SMILES string of the molecule is CCc1ccc(-c2cc(C(=O)Nc3ccc(OC(F)F)nc3)no2)cc1. The van der Waals surface area contributed by atoms with Gasteiger partial charge in [-0.1, -0.05) is 36.3 Å². The number of anilines is 1. The van der Waals surface area contributed by atoms with E-state index in [-0.39, 0.29) is 11.6 Å². The molecular formula is C18H15F2N3O3. The summed E-state index contributed by atoms with van der Waals surface area (Å²) in [4.78, 5) is 15.9. The van der Waals surface area contributed by atoms with Crippen LogP contribution in [0.1, 0.15) is 23.0 Å². The third-order valence-corrected chi connectivity index (χ3v) is 3.59. The van der Waals surface area contributed by atoms with Crippen LogP contribution in [0.15, 0.2) is 53.2 Å². The Kier molecular flexibility index (Phi) is 5.21. The van der Waals surface area contributed by atoms with Crippen molar-refractivity contribution in [2.45, 2.75) is 20.0 Å². The van der Waals surface area contributed by atoms with Crippen molar-refractivity contribution in [3.05, 3.63) is 59.9 Å². The van der Waals surface area contributed by atoms with Gasteiger partial charge in [0.15, 0.2) is 11.5 Å². The average molecular weight is 359 g/mol. The molecule has 0 radical (unpaired) electrons. The number of carbonyl (C=O) groups excluding carboxylic acids is 1. The van der Waals surface area contributed by atoms with Gasteiger partial charge in [0.1, 0.15) is 0 Å². The van der Waals surface area contributed by atoms with Gasteiger partial charge in [0, 0.05) is 17.7 Å². The first-order valence-electron chi connectivity index (χ1n) is 7.83. The molecule has 3 aromatic rings. The number of hydrogen-bond donors (Lipinski definition) is 1. The van der Waals surface area contributed by atoms with Crippen LogP contribution in [0, 0.1) is 0 Å². The maximum atomic E-state index is 12.2. The van der Waals surface area contributed by atoms with Crippen molar-refractivity contribution in [2.75, 3.05) is 5.32 Å². The van der Waals surface area contributed by atoms with E-state index in [1.807, 2.05) is 24.3 Å². The normalized spacial score (nSPS) is 10.8. The summed E-state index contributed by atoms with van der Waals surface area (Å²) in [5.74, 6) is -0.275. The van der Waals surface area contributed by atoms with Gasteiger partial charge in [-0.3, -0.25) is 4.79 Å². The van der Waals surface area contributed by atoms with Crippen molar-refractivity contribution in [1.82, 2.24) is 10.1 Å². The van der Waals surface area contributed by atoms with Crippen LogP contribution in [0.2, 0.25) is 0 Å². The summed E-state index contributed by atoms with van der Waals surface area (Å²) in [7, 11) is 0. The zero-order valence-corrected chi connectivity index (χ0v) is 13.8. The van der Waals surface area contributed by atoms with Crippen LogP contribution in [0.3, 0.4) is 0 Å². The fraction of sp³-hybridized carbons (Fsp3) is 0.167. The average Bonchev–Trinajstić information content (AvgIpc) is 3.13. The smallest absolute Gasteiger partial charge is 0.388 e. The van der Waals surface area contributed by atoms with E-state index in [0.717, 1.165) is 12.0 Å². The number of pyridine rings is 1. The van der Waals surface area contributed by atoms with E-state index in [9.17, 15) is 13.6 Å². The monoisotopic (exact) mass is 359 g/mol. The number of amides is 1. The van der Waals surface area contributed by atoms with Crippen molar-refractivity contribution >= 4 is 11.6 Å². The molecule has 0 bridgehead atoms. The van der Waals surface area contributed by atoms with Crippen LogP contribution in [0.5, 0.6) is 5.88 Å². The zero-order valence-electron chi connectivity index (χ0n) is 13.8. The van der Waals surface area contributed by atoms with Crippen LogP contribution in [0.4, 0.5) is 14.5 Å². The number of hydrogen-bond acceptors (Lipinski definition) is 5. The second-order valence-corrected chi connectivity index (χ2v) is 5.34. The molecule has 0 spiro atoms. The van der Waals surface area contributed by atoms with Gasteiger partial charge in [-0.05, 0) is 18.1 Å². The molecule has 1 aromatic carbocycles. The molecule has 0 aliphatic heterocycles. The minimum absolute atomic E-state index is 0.0903. The third-order valence-electron chi connectivity index (χ3n) is 3.59. The Morgan fingerprint density at radius 1 is 1.23 bits per heavy atom. The van der Waals surface area contributed by atoms with Gasteiger partial charge < -0.3 is 14.6 Å². The molecule has 0 aliphatic carbocycles. The number of nitrogens with one attached hydrogen (secondary N) is 1. The number of halogens is 2. The highest BCUT2D eigenvalue weighted by atomic mass is 19.3. The van der Waals surface area contributed by atoms with Crippen LogP contribution >= 0.6 is 0 Å². The van der Waals surface area contributed by atoms with Crippen LogP contribution in [0.25, 0.3) is 11.3 Å². The van der Waals surface area contributed by atoms with Gasteiger partial charge in [0.05, 0.1) is 11.9 Å². The lowest BCUT2D eigenvalue weighted by Crippen LogP contribution is -2.12. The van der Waals surface area contributed by atoms with Gasteiger partial charge >= 0.3 is 6.61 Å². The van der Waals surface area contributed by atoms with Crippen molar-refractivity contribution in [3.8, 4) is 17.2 Å². The first kappa shape index (κ1) is 17.5. The Hall–Kier alpha value is -3.29. The van der Waals surface area contributed by atoms with Gasteiger partial charge in [0.25, 0.3) is 5.91 Å². The minimum Gasteiger partial charge on any atom is -0.417 e. The Bertz CT molecular complexity index is 877. The quantitative estimate of drug-likeness (QED) is 0.715. The first-order valence-corrected chi connectivity index (χ1v) is 7.83. The van der Waals surface area contributed by atoms with Crippen LogP contribution in [-0.4, -0.2) is 22.7 Å². The highest BCUT2D eigenvalue weighted by Gasteiger charge is 2.14. The third kappa shape index (κ3) is 4.21. The molecule has 8 heteroatoms. The summed E-state index contributed by atoms with van der Waals surface area (Å²) in [6.45, 7) is -0.893. The topological polar surface area (TPSA) is 77.2 Å². The van der Waals surface area contributed by atoms with E-state index in [1.165, 1.54) is 30.0 Å². The fourth-order valence-corrected chi connectivity index (χ4v) is 2.23. The molecule has 0 aliphatic rings. The Morgan fingerprint density at radius 2 is 2.00 bits per heavy atom. The van der Waals surface area contributed by atoms with Crippen LogP contribution < -0.4 is 10.1 Å². The lowest BCUT2D eigenvalue weighted by Gasteiger charge is -2.05. The standard InChI is InChI=1S/C18H15F2N3O3/c1-2-11-3-5-12(6-4-11)15-9-14(23-26-15)17(24)22-13-7-8-16(21-10-13)25-18(19)20/h3-10,18H,2H2,1H3,(H,22,24). The lowest BCUT2D eigenvalue weighted by atomic mass is 10.1. The molecule has 0 atom stereocenters. The summed E-state index contributed by atoms with van der Waals surface area (Å²) in [6.07, 6.45) is 2.14. The predicted molar refractivity (Wildman–Crippen MR) is 90.1 cm³/mol. The molecule has 6 nitrogen and oxygen atoms in total. The number of nitrogens with zero attached hydrogens (tertiary/aromatic N) is 2. The van der Waals surface area contributed by atoms with E-state index in [4.69, 9.17) is 4.52 Å². The van der Waals surface area contributed by atoms with Crippen molar-refractivity contribution in [2.24, 2.45) is 0 Å². The number of aryl methyl sites for hydroxylation is 1. The molecule has 26 heavy (non-hydrogen) atoms. The van der Waals surface area contributed by atoms with Crippen molar-refractivity contribution in [1.29, 1.82) is 0 Å². The van der Waals surface area contributed by atoms with E-state index in [1.54, 1.807) is 0 Å². The van der Waals surface area contributed by atoms with Crippen molar-refractivity contribution in [3.63, 3.8) is 0 Å². The molecule has 0 fully saturated rings. The second kappa shape index (κ2) is 7.73. The maximum absolute atomic E-state index is 12.2. The Labute approximate surface area is 147 Å². The highest BCUT2D eigenvalue weighted by molar-refractivity contribution is 6.03. The summed E-state index contributed by atoms with van der Waals surface area (Å²) >= 11 is 0. The summed E-state index contributed by atoms with van der Waals surface area (Å²) in [5.41, 5.74) is 2.41. The minimum atomic E-state index is -2.96. The number of carbonyl (C=O) groups is 1. The fourth-order valence-electron chi connectivity index (χ4n) is 2.23. The molecule has 134 valence electrons. The largest absolute Gasteiger partial charge is 0.417 e. The number of benzene rings is 1.